The summed E-state index contributed by atoms with van der Waals surface area (Å²) in [5, 5.41) is 1.11. The number of rotatable bonds is 4. The maximum atomic E-state index is 10.9. The Morgan fingerprint density at radius 2 is 2.18 bits per heavy atom. The van der Waals surface area contributed by atoms with E-state index in [1.54, 1.807) is 0 Å². The van der Waals surface area contributed by atoms with E-state index >= 15 is 0 Å². The number of aryl methyl sites for hydroxylation is 1. The van der Waals surface area contributed by atoms with E-state index < -0.39 is 10.1 Å². The van der Waals surface area contributed by atoms with Crippen LogP contribution in [0.4, 0.5) is 0 Å². The Morgan fingerprint density at radius 3 is 2.86 bits per heavy atom. The average Bonchev–Trinajstić information content (AvgIpc) is 2.88. The molecule has 1 aliphatic heterocycles. The van der Waals surface area contributed by atoms with Gasteiger partial charge in [-0.2, -0.15) is 8.42 Å². The summed E-state index contributed by atoms with van der Waals surface area (Å²) in [6, 6.07) is 5.88. The van der Waals surface area contributed by atoms with Crippen molar-refractivity contribution in [3.63, 3.8) is 0 Å². The van der Waals surface area contributed by atoms with Crippen LogP contribution >= 0.6 is 0 Å². The van der Waals surface area contributed by atoms with Gasteiger partial charge in [-0.1, -0.05) is 12.1 Å². The molecule has 0 unspecified atom stereocenters. The van der Waals surface area contributed by atoms with Gasteiger partial charge in [0.25, 0.3) is 10.1 Å². The molecule has 0 amide bonds. The normalized spacial score (nSPS) is 16.9. The van der Waals surface area contributed by atoms with Crippen molar-refractivity contribution in [3.05, 3.63) is 41.6 Å². The van der Waals surface area contributed by atoms with Gasteiger partial charge in [-0.05, 0) is 43.2 Å². The van der Waals surface area contributed by atoms with Gasteiger partial charge in [0.2, 0.25) is 0 Å². The third-order valence-corrected chi connectivity index (χ3v) is 4.87. The van der Waals surface area contributed by atoms with Crippen LogP contribution < -0.4 is 0 Å². The van der Waals surface area contributed by atoms with Crippen LogP contribution in [-0.2, 0) is 16.5 Å². The minimum absolute atomic E-state index is 0.244. The number of nitrogens with zero attached hydrogens (tertiary/aromatic N) is 1. The van der Waals surface area contributed by atoms with E-state index in [0.29, 0.717) is 6.42 Å². The fourth-order valence-corrected chi connectivity index (χ4v) is 3.34. The predicted molar refractivity (Wildman–Crippen MR) is 88.5 cm³/mol. The highest BCUT2D eigenvalue weighted by Gasteiger charge is 2.14. The second kappa shape index (κ2) is 5.87. The smallest absolute Gasteiger partial charge is 0.265 e. The third kappa shape index (κ3) is 3.40. The molecular formula is C16H20N2O3S. The lowest BCUT2D eigenvalue weighted by atomic mass is 9.98. The summed E-state index contributed by atoms with van der Waals surface area (Å²) in [7, 11) is -1.82. The minimum atomic E-state index is -3.92. The Bertz CT molecular complexity index is 821. The standard InChI is InChI=1S/C16H20N2O3S/c1-18-7-4-13(5-8-18)15-11-17-16-3-2-12(10-14(15)16)6-9-22(19,20)21/h2-4,10-11,17H,5-9H2,1H3,(H,19,20,21). The fourth-order valence-electron chi connectivity index (χ4n) is 2.85. The summed E-state index contributed by atoms with van der Waals surface area (Å²) < 4.78 is 30.7. The molecule has 0 fully saturated rings. The van der Waals surface area contributed by atoms with E-state index in [0.717, 1.165) is 36.0 Å². The Kier molecular flexibility index (Phi) is 4.08. The summed E-state index contributed by atoms with van der Waals surface area (Å²) in [4.78, 5) is 5.55. The zero-order chi connectivity index (χ0) is 15.7. The molecule has 0 radical (unpaired) electrons. The van der Waals surface area contributed by atoms with Crippen molar-refractivity contribution in [2.24, 2.45) is 0 Å². The number of nitrogens with one attached hydrogen (secondary N) is 1. The van der Waals surface area contributed by atoms with Gasteiger partial charge in [0.05, 0.1) is 5.75 Å². The van der Waals surface area contributed by atoms with Gasteiger partial charge < -0.3 is 9.88 Å². The van der Waals surface area contributed by atoms with Crippen LogP contribution in [0, 0.1) is 0 Å². The van der Waals surface area contributed by atoms with Crippen LogP contribution in [0.1, 0.15) is 17.5 Å². The number of fused-ring (bicyclic) bond motifs is 1. The lowest BCUT2D eigenvalue weighted by Gasteiger charge is -2.21. The number of H-pyrrole nitrogens is 1. The highest BCUT2D eigenvalue weighted by atomic mass is 32.2. The third-order valence-electron chi connectivity index (χ3n) is 4.15. The lowest BCUT2D eigenvalue weighted by molar-refractivity contribution is 0.370. The van der Waals surface area contributed by atoms with Crippen LogP contribution in [0.3, 0.4) is 0 Å². The molecule has 3 rings (SSSR count). The van der Waals surface area contributed by atoms with Crippen molar-refractivity contribution in [3.8, 4) is 0 Å². The van der Waals surface area contributed by atoms with E-state index in [-0.39, 0.29) is 5.75 Å². The highest BCUT2D eigenvalue weighted by molar-refractivity contribution is 7.85. The van der Waals surface area contributed by atoms with Crippen molar-refractivity contribution in [1.82, 2.24) is 9.88 Å². The van der Waals surface area contributed by atoms with E-state index in [4.69, 9.17) is 4.55 Å². The molecule has 0 atom stereocenters. The highest BCUT2D eigenvalue weighted by Crippen LogP contribution is 2.29. The van der Waals surface area contributed by atoms with Crippen molar-refractivity contribution in [1.29, 1.82) is 0 Å². The van der Waals surface area contributed by atoms with Crippen molar-refractivity contribution < 1.29 is 13.0 Å². The Hall–Kier alpha value is -1.63. The first-order chi connectivity index (χ1) is 10.4. The van der Waals surface area contributed by atoms with Crippen molar-refractivity contribution >= 4 is 26.6 Å². The summed E-state index contributed by atoms with van der Waals surface area (Å²) in [6.07, 6.45) is 5.60. The second-order valence-corrected chi connectivity index (χ2v) is 7.43. The van der Waals surface area contributed by atoms with Gasteiger partial charge in [-0.25, -0.2) is 0 Å². The molecule has 2 aromatic rings. The summed E-state index contributed by atoms with van der Waals surface area (Å²) in [5.74, 6) is -0.244. The van der Waals surface area contributed by atoms with E-state index in [1.165, 1.54) is 11.1 Å². The van der Waals surface area contributed by atoms with E-state index in [1.807, 2.05) is 24.4 Å². The van der Waals surface area contributed by atoms with Crippen molar-refractivity contribution in [2.45, 2.75) is 12.8 Å². The van der Waals surface area contributed by atoms with E-state index in [2.05, 4.69) is 23.0 Å². The Morgan fingerprint density at radius 1 is 1.36 bits per heavy atom. The molecule has 0 saturated heterocycles. The topological polar surface area (TPSA) is 73.4 Å². The summed E-state index contributed by atoms with van der Waals surface area (Å²) in [5.41, 5.74) is 4.48. The number of hydrogen-bond donors (Lipinski definition) is 2. The number of benzene rings is 1. The zero-order valence-corrected chi connectivity index (χ0v) is 13.4. The van der Waals surface area contributed by atoms with Gasteiger partial charge in [-0.15, -0.1) is 0 Å². The molecular weight excluding hydrogens is 300 g/mol. The molecule has 118 valence electrons. The van der Waals surface area contributed by atoms with Crippen LogP contribution in [0.15, 0.2) is 30.5 Å². The van der Waals surface area contributed by atoms with Crippen LogP contribution in [0.2, 0.25) is 0 Å². The Balaban J connectivity index is 1.92. The molecule has 2 heterocycles. The molecule has 1 aromatic heterocycles. The molecule has 0 spiro atoms. The molecule has 1 aromatic carbocycles. The number of hydrogen-bond acceptors (Lipinski definition) is 3. The first-order valence-corrected chi connectivity index (χ1v) is 8.96. The second-order valence-electron chi connectivity index (χ2n) is 5.86. The Labute approximate surface area is 130 Å². The molecule has 22 heavy (non-hydrogen) atoms. The quantitative estimate of drug-likeness (QED) is 0.848. The molecule has 2 N–H and O–H groups in total. The number of aromatic nitrogens is 1. The van der Waals surface area contributed by atoms with Gasteiger partial charge in [0, 0.05) is 35.8 Å². The molecule has 0 bridgehead atoms. The largest absolute Gasteiger partial charge is 0.361 e. The van der Waals surface area contributed by atoms with Gasteiger partial charge in [0.1, 0.15) is 0 Å². The lowest BCUT2D eigenvalue weighted by Crippen LogP contribution is -2.23. The van der Waals surface area contributed by atoms with Gasteiger partial charge in [0.15, 0.2) is 0 Å². The molecule has 5 nitrogen and oxygen atoms in total. The molecule has 1 aliphatic rings. The zero-order valence-electron chi connectivity index (χ0n) is 12.5. The van der Waals surface area contributed by atoms with Gasteiger partial charge in [-0.3, -0.25) is 4.55 Å². The number of aromatic amines is 1. The molecule has 0 aliphatic carbocycles. The van der Waals surface area contributed by atoms with E-state index in [9.17, 15) is 8.42 Å². The van der Waals surface area contributed by atoms with Crippen LogP contribution in [0.25, 0.3) is 16.5 Å². The van der Waals surface area contributed by atoms with Crippen LogP contribution in [-0.4, -0.2) is 48.7 Å². The molecule has 0 saturated carbocycles. The van der Waals surface area contributed by atoms with Gasteiger partial charge >= 0.3 is 0 Å². The monoisotopic (exact) mass is 320 g/mol. The maximum absolute atomic E-state index is 10.9. The first kappa shape index (κ1) is 15.3. The van der Waals surface area contributed by atoms with Crippen molar-refractivity contribution in [2.75, 3.05) is 25.9 Å². The first-order valence-electron chi connectivity index (χ1n) is 7.35. The molecule has 6 heteroatoms. The summed E-state index contributed by atoms with van der Waals surface area (Å²) in [6.45, 7) is 1.99. The average molecular weight is 320 g/mol. The van der Waals surface area contributed by atoms with Crippen LogP contribution in [0.5, 0.6) is 0 Å². The fraction of sp³-hybridized carbons (Fsp3) is 0.375. The minimum Gasteiger partial charge on any atom is -0.361 e. The maximum Gasteiger partial charge on any atom is 0.265 e. The SMILES string of the molecule is CN1CC=C(c2c[nH]c3ccc(CCS(=O)(=O)O)cc23)CC1. The number of likely N-dealkylation sites (N-methyl/N-ethyl adjacent to an activating group) is 1. The predicted octanol–water partition coefficient (Wildman–Crippen LogP) is 2.32. The summed E-state index contributed by atoms with van der Waals surface area (Å²) >= 11 is 0.